The molecule has 0 atom stereocenters. The summed E-state index contributed by atoms with van der Waals surface area (Å²) in [6.45, 7) is 2.06. The monoisotopic (exact) mass is 422 g/mol. The second kappa shape index (κ2) is 8.51. The van der Waals surface area contributed by atoms with E-state index in [1.165, 1.54) is 0 Å². The van der Waals surface area contributed by atoms with Crippen molar-refractivity contribution in [1.82, 2.24) is 0 Å². The number of fused-ring (bicyclic) bond motifs is 1. The summed E-state index contributed by atoms with van der Waals surface area (Å²) >= 11 is 5.90. The van der Waals surface area contributed by atoms with Crippen LogP contribution in [0.1, 0.15) is 11.3 Å². The van der Waals surface area contributed by atoms with Crippen LogP contribution in [-0.2, 0) is 6.61 Å². The number of benzene rings is 3. The van der Waals surface area contributed by atoms with Crippen LogP contribution >= 0.6 is 11.6 Å². The molecule has 0 radical (unpaired) electrons. The number of halogens is 1. The van der Waals surface area contributed by atoms with Crippen LogP contribution in [0.3, 0.4) is 0 Å². The van der Waals surface area contributed by atoms with E-state index in [1.807, 2.05) is 30.3 Å². The largest absolute Gasteiger partial charge is 0.493 e. The highest BCUT2D eigenvalue weighted by Gasteiger charge is 2.16. The summed E-state index contributed by atoms with van der Waals surface area (Å²) in [7, 11) is 1.55. The van der Waals surface area contributed by atoms with Gasteiger partial charge in [-0.1, -0.05) is 35.9 Å². The molecule has 0 spiro atoms. The number of ether oxygens (including phenoxy) is 3. The van der Waals surface area contributed by atoms with Gasteiger partial charge in [-0.25, -0.2) is 0 Å². The van der Waals surface area contributed by atoms with Gasteiger partial charge in [0.15, 0.2) is 11.5 Å². The number of hydrogen-bond donors (Lipinski definition) is 0. The molecule has 0 saturated carbocycles. The van der Waals surface area contributed by atoms with E-state index in [1.54, 1.807) is 50.4 Å². The second-order valence-corrected chi connectivity index (χ2v) is 7.08. The first-order chi connectivity index (χ1) is 14.5. The predicted octanol–water partition coefficient (Wildman–Crippen LogP) is 6.13. The minimum atomic E-state index is -0.260. The van der Waals surface area contributed by atoms with Gasteiger partial charge in [-0.05, 0) is 48.9 Å². The normalized spacial score (nSPS) is 10.8. The maximum absolute atomic E-state index is 13.0. The molecule has 0 amide bonds. The first kappa shape index (κ1) is 19.9. The Labute approximate surface area is 178 Å². The summed E-state index contributed by atoms with van der Waals surface area (Å²) in [5.41, 5.74) is 1.15. The minimum Gasteiger partial charge on any atom is -0.493 e. The standard InChI is InChI=1S/C24H19ClO5/c1-15-24(30-21-6-4-3-5-20(21)27-2)23(26)19-12-11-18(13-22(19)29-15)28-14-16-7-9-17(25)10-8-16/h3-13H,14H2,1-2H3. The molecule has 6 heteroatoms. The van der Waals surface area contributed by atoms with Crippen LogP contribution in [0.4, 0.5) is 0 Å². The fraction of sp³-hybridized carbons (Fsp3) is 0.125. The molecule has 0 aliphatic heterocycles. The molecule has 0 saturated heterocycles. The number of hydrogen-bond acceptors (Lipinski definition) is 5. The highest BCUT2D eigenvalue weighted by Crippen LogP contribution is 2.32. The Morgan fingerprint density at radius 3 is 2.43 bits per heavy atom. The number of methoxy groups -OCH3 is 1. The van der Waals surface area contributed by atoms with Crippen LogP contribution in [0.25, 0.3) is 11.0 Å². The van der Waals surface area contributed by atoms with Crippen LogP contribution in [-0.4, -0.2) is 7.11 Å². The lowest BCUT2D eigenvalue weighted by Crippen LogP contribution is -2.08. The third-order valence-corrected chi connectivity index (χ3v) is 4.84. The third kappa shape index (κ3) is 4.11. The van der Waals surface area contributed by atoms with E-state index < -0.39 is 0 Å². The van der Waals surface area contributed by atoms with E-state index in [2.05, 4.69) is 0 Å². The van der Waals surface area contributed by atoms with Crippen LogP contribution < -0.4 is 19.6 Å². The van der Waals surface area contributed by atoms with Gasteiger partial charge in [0.2, 0.25) is 11.2 Å². The topological polar surface area (TPSA) is 57.9 Å². The molecule has 152 valence electrons. The molecule has 1 heterocycles. The molecular weight excluding hydrogens is 404 g/mol. The maximum Gasteiger partial charge on any atom is 0.235 e. The zero-order valence-corrected chi connectivity index (χ0v) is 17.2. The van der Waals surface area contributed by atoms with Gasteiger partial charge < -0.3 is 18.6 Å². The van der Waals surface area contributed by atoms with Gasteiger partial charge in [0, 0.05) is 11.1 Å². The lowest BCUT2D eigenvalue weighted by molar-refractivity contribution is 0.306. The molecule has 0 aliphatic carbocycles. The SMILES string of the molecule is COc1ccccc1Oc1c(C)oc2cc(OCc3ccc(Cl)cc3)ccc2c1=O. The lowest BCUT2D eigenvalue weighted by atomic mass is 10.2. The minimum absolute atomic E-state index is 0.127. The summed E-state index contributed by atoms with van der Waals surface area (Å²) in [5.74, 6) is 2.06. The molecule has 0 aliphatic rings. The van der Waals surface area contributed by atoms with E-state index >= 15 is 0 Å². The van der Waals surface area contributed by atoms with Crippen molar-refractivity contribution < 1.29 is 18.6 Å². The van der Waals surface area contributed by atoms with E-state index in [4.69, 9.17) is 30.2 Å². The van der Waals surface area contributed by atoms with Crippen molar-refractivity contribution in [2.45, 2.75) is 13.5 Å². The Hall–Kier alpha value is -3.44. The Kier molecular flexibility index (Phi) is 5.63. The fourth-order valence-electron chi connectivity index (χ4n) is 3.04. The number of aryl methyl sites for hydroxylation is 1. The molecular formula is C24H19ClO5. The first-order valence-corrected chi connectivity index (χ1v) is 9.68. The summed E-state index contributed by atoms with van der Waals surface area (Å²) in [6.07, 6.45) is 0. The van der Waals surface area contributed by atoms with Crippen molar-refractivity contribution in [2.24, 2.45) is 0 Å². The quantitative estimate of drug-likeness (QED) is 0.374. The highest BCUT2D eigenvalue weighted by molar-refractivity contribution is 6.30. The highest BCUT2D eigenvalue weighted by atomic mass is 35.5. The molecule has 4 rings (SSSR count). The van der Waals surface area contributed by atoms with Crippen molar-refractivity contribution in [3.8, 4) is 23.0 Å². The van der Waals surface area contributed by atoms with E-state index in [9.17, 15) is 4.79 Å². The predicted molar refractivity (Wildman–Crippen MR) is 116 cm³/mol. The van der Waals surface area contributed by atoms with Gasteiger partial charge in [-0.3, -0.25) is 4.79 Å². The Morgan fingerprint density at radius 1 is 0.967 bits per heavy atom. The molecule has 0 unspecified atom stereocenters. The van der Waals surface area contributed by atoms with E-state index in [-0.39, 0.29) is 11.2 Å². The third-order valence-electron chi connectivity index (χ3n) is 4.59. The Balaban J connectivity index is 1.62. The number of para-hydroxylation sites is 2. The average Bonchev–Trinajstić information content (AvgIpc) is 2.76. The summed E-state index contributed by atoms with van der Waals surface area (Å²) in [4.78, 5) is 13.0. The summed E-state index contributed by atoms with van der Waals surface area (Å²) in [6, 6.07) is 19.7. The molecule has 3 aromatic carbocycles. The average molecular weight is 423 g/mol. The van der Waals surface area contributed by atoms with Crippen molar-refractivity contribution in [3.05, 3.63) is 93.3 Å². The van der Waals surface area contributed by atoms with Gasteiger partial charge in [-0.15, -0.1) is 0 Å². The van der Waals surface area contributed by atoms with E-state index in [0.29, 0.717) is 45.6 Å². The van der Waals surface area contributed by atoms with Gasteiger partial charge in [0.1, 0.15) is 23.7 Å². The van der Waals surface area contributed by atoms with Gasteiger partial charge >= 0.3 is 0 Å². The van der Waals surface area contributed by atoms with Gasteiger partial charge in [0.05, 0.1) is 12.5 Å². The fourth-order valence-corrected chi connectivity index (χ4v) is 3.16. The number of rotatable bonds is 6. The second-order valence-electron chi connectivity index (χ2n) is 6.64. The van der Waals surface area contributed by atoms with Crippen LogP contribution in [0.15, 0.2) is 75.9 Å². The molecule has 0 bridgehead atoms. The summed E-state index contributed by atoms with van der Waals surface area (Å²) in [5, 5.41) is 1.08. The van der Waals surface area contributed by atoms with Crippen molar-refractivity contribution >= 4 is 22.6 Å². The van der Waals surface area contributed by atoms with Crippen molar-refractivity contribution in [2.75, 3.05) is 7.11 Å². The van der Waals surface area contributed by atoms with Crippen LogP contribution in [0.2, 0.25) is 5.02 Å². The zero-order chi connectivity index (χ0) is 21.1. The Bertz CT molecular complexity index is 1240. The smallest absolute Gasteiger partial charge is 0.235 e. The van der Waals surface area contributed by atoms with Crippen molar-refractivity contribution in [1.29, 1.82) is 0 Å². The van der Waals surface area contributed by atoms with E-state index in [0.717, 1.165) is 5.56 Å². The summed E-state index contributed by atoms with van der Waals surface area (Å²) < 4.78 is 22.8. The molecule has 0 N–H and O–H groups in total. The first-order valence-electron chi connectivity index (χ1n) is 9.31. The van der Waals surface area contributed by atoms with Gasteiger partial charge in [-0.2, -0.15) is 0 Å². The molecule has 30 heavy (non-hydrogen) atoms. The van der Waals surface area contributed by atoms with Crippen LogP contribution in [0.5, 0.6) is 23.0 Å². The maximum atomic E-state index is 13.0. The molecule has 0 fully saturated rings. The zero-order valence-electron chi connectivity index (χ0n) is 16.5. The molecule has 1 aromatic heterocycles. The lowest BCUT2D eigenvalue weighted by Gasteiger charge is -2.12. The molecule has 4 aromatic rings. The van der Waals surface area contributed by atoms with Crippen LogP contribution in [0, 0.1) is 6.92 Å². The van der Waals surface area contributed by atoms with Crippen molar-refractivity contribution in [3.63, 3.8) is 0 Å². The van der Waals surface area contributed by atoms with Gasteiger partial charge in [0.25, 0.3) is 0 Å². The molecule has 5 nitrogen and oxygen atoms in total. The Morgan fingerprint density at radius 2 is 1.70 bits per heavy atom.